The second kappa shape index (κ2) is 7.65. The standard InChI is InChI=1S/C15H23N3O2/c1-11(9-10-18(3)4)16-15(20)17-14-7-5-13(6-8-14)12(2)19/h5-8,11H,9-10H2,1-4H3,(H2,16,17,20). The minimum absolute atomic E-state index is 0.0123. The van der Waals surface area contributed by atoms with Crippen LogP contribution >= 0.6 is 0 Å². The fraction of sp³-hybridized carbons (Fsp3) is 0.467. The second-order valence-corrected chi connectivity index (χ2v) is 5.22. The van der Waals surface area contributed by atoms with E-state index >= 15 is 0 Å². The molecule has 20 heavy (non-hydrogen) atoms. The SMILES string of the molecule is CC(=O)c1ccc(NC(=O)NC(C)CCN(C)C)cc1. The molecule has 1 rings (SSSR count). The number of nitrogens with zero attached hydrogens (tertiary/aromatic N) is 1. The number of carbonyl (C=O) groups excluding carboxylic acids is 2. The number of anilines is 1. The lowest BCUT2D eigenvalue weighted by Gasteiger charge is -2.17. The average Bonchev–Trinajstić information content (AvgIpc) is 2.36. The molecule has 0 bridgehead atoms. The van der Waals surface area contributed by atoms with E-state index < -0.39 is 0 Å². The highest BCUT2D eigenvalue weighted by Gasteiger charge is 2.08. The second-order valence-electron chi connectivity index (χ2n) is 5.22. The topological polar surface area (TPSA) is 61.4 Å². The summed E-state index contributed by atoms with van der Waals surface area (Å²) in [6, 6.07) is 6.73. The van der Waals surface area contributed by atoms with Crippen molar-refractivity contribution in [2.45, 2.75) is 26.3 Å². The Morgan fingerprint density at radius 2 is 1.80 bits per heavy atom. The molecule has 0 aliphatic heterocycles. The fourth-order valence-corrected chi connectivity index (χ4v) is 1.70. The predicted octanol–water partition coefficient (Wildman–Crippen LogP) is 2.35. The van der Waals surface area contributed by atoms with Crippen LogP contribution < -0.4 is 10.6 Å². The maximum atomic E-state index is 11.8. The van der Waals surface area contributed by atoms with Crippen molar-refractivity contribution >= 4 is 17.5 Å². The van der Waals surface area contributed by atoms with Gasteiger partial charge in [0.1, 0.15) is 0 Å². The van der Waals surface area contributed by atoms with Gasteiger partial charge in [-0.15, -0.1) is 0 Å². The number of urea groups is 1. The van der Waals surface area contributed by atoms with Crippen LogP contribution in [0.15, 0.2) is 24.3 Å². The molecule has 1 atom stereocenters. The minimum atomic E-state index is -0.230. The number of benzene rings is 1. The molecule has 0 spiro atoms. The summed E-state index contributed by atoms with van der Waals surface area (Å²) in [6.07, 6.45) is 0.893. The number of amides is 2. The van der Waals surface area contributed by atoms with Crippen LogP contribution in [0.1, 0.15) is 30.6 Å². The van der Waals surface area contributed by atoms with E-state index in [9.17, 15) is 9.59 Å². The number of rotatable bonds is 6. The first-order valence-electron chi connectivity index (χ1n) is 6.71. The zero-order valence-corrected chi connectivity index (χ0v) is 12.6. The molecule has 0 saturated heterocycles. The number of carbonyl (C=O) groups is 2. The van der Waals surface area contributed by atoms with Gasteiger partial charge in [-0.25, -0.2) is 4.79 Å². The van der Waals surface area contributed by atoms with Gasteiger partial charge in [0, 0.05) is 17.3 Å². The maximum absolute atomic E-state index is 11.8. The summed E-state index contributed by atoms with van der Waals surface area (Å²) in [5.41, 5.74) is 1.31. The summed E-state index contributed by atoms with van der Waals surface area (Å²) in [5, 5.41) is 5.63. The number of nitrogens with one attached hydrogen (secondary N) is 2. The van der Waals surface area contributed by atoms with Gasteiger partial charge >= 0.3 is 6.03 Å². The smallest absolute Gasteiger partial charge is 0.319 e. The first kappa shape index (κ1) is 16.2. The third kappa shape index (κ3) is 5.84. The fourth-order valence-electron chi connectivity index (χ4n) is 1.70. The van der Waals surface area contributed by atoms with Crippen molar-refractivity contribution < 1.29 is 9.59 Å². The molecule has 0 radical (unpaired) electrons. The van der Waals surface area contributed by atoms with Gasteiger partial charge in [0.25, 0.3) is 0 Å². The molecule has 0 saturated carbocycles. The molecular weight excluding hydrogens is 254 g/mol. The van der Waals surface area contributed by atoms with Crippen molar-refractivity contribution in [1.82, 2.24) is 10.2 Å². The molecule has 5 heteroatoms. The largest absolute Gasteiger partial charge is 0.335 e. The molecule has 1 aromatic rings. The number of hydrogen-bond donors (Lipinski definition) is 2. The van der Waals surface area contributed by atoms with Crippen LogP contribution in [0.25, 0.3) is 0 Å². The Kier molecular flexibility index (Phi) is 6.18. The van der Waals surface area contributed by atoms with Gasteiger partial charge in [0.2, 0.25) is 0 Å². The van der Waals surface area contributed by atoms with E-state index in [2.05, 4.69) is 15.5 Å². The highest BCUT2D eigenvalue weighted by Crippen LogP contribution is 2.10. The lowest BCUT2D eigenvalue weighted by Crippen LogP contribution is -2.37. The quantitative estimate of drug-likeness (QED) is 0.785. The van der Waals surface area contributed by atoms with E-state index in [0.717, 1.165) is 13.0 Å². The number of Topliss-reactive ketones (excluding diaryl/α,β-unsaturated/α-hetero) is 1. The van der Waals surface area contributed by atoms with Crippen LogP contribution in [0.5, 0.6) is 0 Å². The summed E-state index contributed by atoms with van der Waals surface area (Å²) < 4.78 is 0. The first-order chi connectivity index (χ1) is 9.38. The maximum Gasteiger partial charge on any atom is 0.319 e. The van der Waals surface area contributed by atoms with E-state index in [1.807, 2.05) is 21.0 Å². The van der Waals surface area contributed by atoms with Gasteiger partial charge in [0.15, 0.2) is 5.78 Å². The van der Waals surface area contributed by atoms with Gasteiger partial charge in [0.05, 0.1) is 0 Å². The van der Waals surface area contributed by atoms with Gasteiger partial charge < -0.3 is 15.5 Å². The van der Waals surface area contributed by atoms with Gasteiger partial charge in [-0.1, -0.05) is 0 Å². The summed E-state index contributed by atoms with van der Waals surface area (Å²) in [7, 11) is 4.01. The molecule has 0 fully saturated rings. The molecule has 0 aliphatic carbocycles. The van der Waals surface area contributed by atoms with Crippen LogP contribution in [-0.2, 0) is 0 Å². The van der Waals surface area contributed by atoms with Crippen molar-refractivity contribution in [2.75, 3.05) is 26.0 Å². The van der Waals surface area contributed by atoms with Crippen LogP contribution in [-0.4, -0.2) is 43.4 Å². The molecule has 2 amide bonds. The Morgan fingerprint density at radius 3 is 2.30 bits per heavy atom. The van der Waals surface area contributed by atoms with Crippen LogP contribution in [0.4, 0.5) is 10.5 Å². The minimum Gasteiger partial charge on any atom is -0.335 e. The molecule has 0 aliphatic rings. The Hall–Kier alpha value is -1.88. The molecule has 1 aromatic carbocycles. The van der Waals surface area contributed by atoms with E-state index in [-0.39, 0.29) is 17.9 Å². The zero-order valence-electron chi connectivity index (χ0n) is 12.6. The lowest BCUT2D eigenvalue weighted by atomic mass is 10.1. The molecule has 0 aromatic heterocycles. The first-order valence-corrected chi connectivity index (χ1v) is 6.71. The third-order valence-electron chi connectivity index (χ3n) is 2.94. The molecular formula is C15H23N3O2. The molecule has 1 unspecified atom stereocenters. The van der Waals surface area contributed by atoms with E-state index in [4.69, 9.17) is 0 Å². The average molecular weight is 277 g/mol. The van der Waals surface area contributed by atoms with Gasteiger partial charge in [-0.3, -0.25) is 4.79 Å². The predicted molar refractivity (Wildman–Crippen MR) is 81.2 cm³/mol. The van der Waals surface area contributed by atoms with E-state index in [1.165, 1.54) is 6.92 Å². The van der Waals surface area contributed by atoms with Crippen LogP contribution in [0.3, 0.4) is 0 Å². The highest BCUT2D eigenvalue weighted by atomic mass is 16.2. The van der Waals surface area contributed by atoms with Crippen molar-refractivity contribution in [3.05, 3.63) is 29.8 Å². The highest BCUT2D eigenvalue weighted by molar-refractivity contribution is 5.95. The van der Waals surface area contributed by atoms with Crippen LogP contribution in [0.2, 0.25) is 0 Å². The summed E-state index contributed by atoms with van der Waals surface area (Å²) in [5.74, 6) is 0.0123. The monoisotopic (exact) mass is 277 g/mol. The Labute approximate surface area is 120 Å². The summed E-state index contributed by atoms with van der Waals surface area (Å²) in [6.45, 7) is 4.41. The van der Waals surface area contributed by atoms with Gasteiger partial charge in [-0.05, 0) is 65.2 Å². The Morgan fingerprint density at radius 1 is 1.20 bits per heavy atom. The normalized spacial score (nSPS) is 12.1. The zero-order chi connectivity index (χ0) is 15.1. The Bertz CT molecular complexity index is 455. The van der Waals surface area contributed by atoms with Gasteiger partial charge in [-0.2, -0.15) is 0 Å². The van der Waals surface area contributed by atoms with Crippen molar-refractivity contribution in [1.29, 1.82) is 0 Å². The van der Waals surface area contributed by atoms with Crippen molar-refractivity contribution in [2.24, 2.45) is 0 Å². The third-order valence-corrected chi connectivity index (χ3v) is 2.94. The van der Waals surface area contributed by atoms with Crippen LogP contribution in [0, 0.1) is 0 Å². The molecule has 110 valence electrons. The van der Waals surface area contributed by atoms with Crippen molar-refractivity contribution in [3.63, 3.8) is 0 Å². The molecule has 0 heterocycles. The lowest BCUT2D eigenvalue weighted by molar-refractivity contribution is 0.101. The van der Waals surface area contributed by atoms with E-state index in [1.54, 1.807) is 24.3 Å². The van der Waals surface area contributed by atoms with Crippen molar-refractivity contribution in [3.8, 4) is 0 Å². The summed E-state index contributed by atoms with van der Waals surface area (Å²) in [4.78, 5) is 25.0. The molecule has 2 N–H and O–H groups in total. The van der Waals surface area contributed by atoms with E-state index in [0.29, 0.717) is 11.3 Å². The number of hydrogen-bond acceptors (Lipinski definition) is 3. The Balaban J connectivity index is 2.43. The molecule has 5 nitrogen and oxygen atoms in total. The summed E-state index contributed by atoms with van der Waals surface area (Å²) >= 11 is 0. The number of ketones is 1.